The first-order valence-electron chi connectivity index (χ1n) is 5.04. The lowest BCUT2D eigenvalue weighted by Crippen LogP contribution is -2.23. The minimum Gasteiger partial charge on any atom is -0.545 e. The SMILES string of the molecule is Cc1nn(-c2cccc(Br)c2)c(C)c1C(=O)[O-]. The number of nitrogens with zero attached hydrogens (tertiary/aromatic N) is 2. The molecular weight excluding hydrogens is 284 g/mol. The Hall–Kier alpha value is -1.62. The average Bonchev–Trinajstić information content (AvgIpc) is 2.54. The normalized spacial score (nSPS) is 10.5. The van der Waals surface area contributed by atoms with E-state index in [1.807, 2.05) is 24.3 Å². The molecule has 0 saturated heterocycles. The summed E-state index contributed by atoms with van der Waals surface area (Å²) in [5, 5.41) is 15.2. The third-order valence-corrected chi connectivity index (χ3v) is 3.04. The van der Waals surface area contributed by atoms with Gasteiger partial charge in [-0.05, 0) is 32.0 Å². The number of hydrogen-bond donors (Lipinski definition) is 0. The van der Waals surface area contributed by atoms with Crippen LogP contribution < -0.4 is 5.11 Å². The van der Waals surface area contributed by atoms with E-state index in [0.717, 1.165) is 10.2 Å². The number of hydrogen-bond acceptors (Lipinski definition) is 3. The zero-order chi connectivity index (χ0) is 12.6. The first-order chi connectivity index (χ1) is 8.00. The Morgan fingerprint density at radius 2 is 2.12 bits per heavy atom. The fourth-order valence-electron chi connectivity index (χ4n) is 1.80. The van der Waals surface area contributed by atoms with Crippen LogP contribution in [0.4, 0.5) is 0 Å². The fourth-order valence-corrected chi connectivity index (χ4v) is 2.18. The summed E-state index contributed by atoms with van der Waals surface area (Å²) >= 11 is 3.37. The number of carboxylic acids is 1. The fraction of sp³-hybridized carbons (Fsp3) is 0.167. The Labute approximate surface area is 107 Å². The van der Waals surface area contributed by atoms with Gasteiger partial charge in [0.1, 0.15) is 0 Å². The lowest BCUT2D eigenvalue weighted by atomic mass is 10.2. The van der Waals surface area contributed by atoms with Crippen molar-refractivity contribution in [3.05, 3.63) is 45.7 Å². The molecule has 2 aromatic rings. The molecule has 0 N–H and O–H groups in total. The number of halogens is 1. The van der Waals surface area contributed by atoms with Crippen molar-refractivity contribution in [1.29, 1.82) is 0 Å². The van der Waals surface area contributed by atoms with Gasteiger partial charge in [-0.3, -0.25) is 0 Å². The molecule has 0 amide bonds. The van der Waals surface area contributed by atoms with Crippen LogP contribution in [-0.4, -0.2) is 15.7 Å². The Kier molecular flexibility index (Phi) is 3.02. The zero-order valence-electron chi connectivity index (χ0n) is 9.40. The van der Waals surface area contributed by atoms with Crippen LogP contribution >= 0.6 is 15.9 Å². The van der Waals surface area contributed by atoms with E-state index in [-0.39, 0.29) is 5.56 Å². The summed E-state index contributed by atoms with van der Waals surface area (Å²) in [4.78, 5) is 11.0. The molecular formula is C12H10BrN2O2-. The zero-order valence-corrected chi connectivity index (χ0v) is 11.0. The van der Waals surface area contributed by atoms with Crippen LogP contribution in [0.3, 0.4) is 0 Å². The van der Waals surface area contributed by atoms with Gasteiger partial charge in [0.05, 0.1) is 23.0 Å². The largest absolute Gasteiger partial charge is 0.545 e. The molecule has 2 rings (SSSR count). The standard InChI is InChI=1S/C12H11BrN2O2/c1-7-11(12(16)17)8(2)15(14-7)10-5-3-4-9(13)6-10/h3-6H,1-2H3,(H,16,17)/p-1. The monoisotopic (exact) mass is 293 g/mol. The van der Waals surface area contributed by atoms with E-state index >= 15 is 0 Å². The lowest BCUT2D eigenvalue weighted by molar-refractivity contribution is -0.255. The maximum absolute atomic E-state index is 11.0. The topological polar surface area (TPSA) is 58.0 Å². The van der Waals surface area contributed by atoms with Crippen LogP contribution in [0.2, 0.25) is 0 Å². The second-order valence-corrected chi connectivity index (χ2v) is 4.64. The van der Waals surface area contributed by atoms with Gasteiger partial charge in [-0.25, -0.2) is 4.68 Å². The quantitative estimate of drug-likeness (QED) is 0.845. The van der Waals surface area contributed by atoms with Gasteiger partial charge in [0.25, 0.3) is 0 Å². The molecule has 0 unspecified atom stereocenters. The molecule has 0 radical (unpaired) electrons. The molecule has 17 heavy (non-hydrogen) atoms. The Morgan fingerprint density at radius 3 is 2.65 bits per heavy atom. The van der Waals surface area contributed by atoms with Gasteiger partial charge in [0, 0.05) is 10.0 Å². The molecule has 0 aliphatic heterocycles. The van der Waals surface area contributed by atoms with Crippen LogP contribution in [0.15, 0.2) is 28.7 Å². The Morgan fingerprint density at radius 1 is 1.41 bits per heavy atom. The van der Waals surface area contributed by atoms with Crippen molar-refractivity contribution in [3.63, 3.8) is 0 Å². The summed E-state index contributed by atoms with van der Waals surface area (Å²) < 4.78 is 2.52. The van der Waals surface area contributed by atoms with E-state index in [9.17, 15) is 9.90 Å². The average molecular weight is 294 g/mol. The van der Waals surface area contributed by atoms with Gasteiger partial charge in [-0.1, -0.05) is 22.0 Å². The van der Waals surface area contributed by atoms with Crippen LogP contribution in [0.25, 0.3) is 5.69 Å². The first kappa shape index (κ1) is 11.9. The molecule has 0 spiro atoms. The second kappa shape index (κ2) is 4.33. The van der Waals surface area contributed by atoms with Crippen molar-refractivity contribution in [2.45, 2.75) is 13.8 Å². The van der Waals surface area contributed by atoms with Crippen molar-refractivity contribution >= 4 is 21.9 Å². The van der Waals surface area contributed by atoms with Crippen molar-refractivity contribution in [2.75, 3.05) is 0 Å². The third kappa shape index (κ3) is 2.10. The predicted octanol–water partition coefficient (Wildman–Crippen LogP) is 1.62. The number of carbonyl (C=O) groups is 1. The summed E-state index contributed by atoms with van der Waals surface area (Å²) in [6.07, 6.45) is 0. The van der Waals surface area contributed by atoms with E-state index in [1.54, 1.807) is 18.5 Å². The molecule has 4 nitrogen and oxygen atoms in total. The number of aromatic carboxylic acids is 1. The number of aryl methyl sites for hydroxylation is 1. The summed E-state index contributed by atoms with van der Waals surface area (Å²) in [5.41, 5.74) is 2.00. The number of carboxylic acid groups (broad SMARTS) is 1. The number of carbonyl (C=O) groups excluding carboxylic acids is 1. The summed E-state index contributed by atoms with van der Waals surface area (Å²) in [7, 11) is 0. The smallest absolute Gasteiger partial charge is 0.0752 e. The summed E-state index contributed by atoms with van der Waals surface area (Å²) in [5.74, 6) is -1.19. The molecule has 0 aliphatic carbocycles. The van der Waals surface area contributed by atoms with Gasteiger partial charge < -0.3 is 9.90 Å². The highest BCUT2D eigenvalue weighted by Crippen LogP contribution is 2.20. The molecule has 1 aromatic carbocycles. The van der Waals surface area contributed by atoms with Crippen molar-refractivity contribution < 1.29 is 9.90 Å². The van der Waals surface area contributed by atoms with E-state index in [2.05, 4.69) is 21.0 Å². The van der Waals surface area contributed by atoms with E-state index in [1.165, 1.54) is 0 Å². The van der Waals surface area contributed by atoms with Gasteiger partial charge in [0.2, 0.25) is 0 Å². The van der Waals surface area contributed by atoms with Gasteiger partial charge >= 0.3 is 0 Å². The maximum Gasteiger partial charge on any atom is 0.0752 e. The summed E-state index contributed by atoms with van der Waals surface area (Å²) in [6, 6.07) is 7.51. The molecule has 1 heterocycles. The number of aromatic nitrogens is 2. The molecule has 0 bridgehead atoms. The van der Waals surface area contributed by atoms with Gasteiger partial charge in [0.15, 0.2) is 0 Å². The van der Waals surface area contributed by atoms with Gasteiger partial charge in [-0.2, -0.15) is 5.10 Å². The highest BCUT2D eigenvalue weighted by atomic mass is 79.9. The van der Waals surface area contributed by atoms with Gasteiger partial charge in [-0.15, -0.1) is 0 Å². The van der Waals surface area contributed by atoms with Crippen molar-refractivity contribution in [3.8, 4) is 5.69 Å². The maximum atomic E-state index is 11.0. The highest BCUT2D eigenvalue weighted by molar-refractivity contribution is 9.10. The van der Waals surface area contributed by atoms with Crippen LogP contribution in [-0.2, 0) is 0 Å². The van der Waals surface area contributed by atoms with E-state index in [0.29, 0.717) is 11.4 Å². The predicted molar refractivity (Wildman–Crippen MR) is 65.1 cm³/mol. The minimum absolute atomic E-state index is 0.157. The molecule has 0 atom stereocenters. The first-order valence-corrected chi connectivity index (χ1v) is 5.83. The second-order valence-electron chi connectivity index (χ2n) is 3.72. The van der Waals surface area contributed by atoms with Crippen LogP contribution in [0.5, 0.6) is 0 Å². The Balaban J connectivity index is 2.62. The Bertz CT molecular complexity index is 590. The number of rotatable bonds is 2. The van der Waals surface area contributed by atoms with E-state index < -0.39 is 5.97 Å². The third-order valence-electron chi connectivity index (χ3n) is 2.55. The lowest BCUT2D eigenvalue weighted by Gasteiger charge is -2.06. The molecule has 0 saturated carbocycles. The van der Waals surface area contributed by atoms with Crippen molar-refractivity contribution in [2.24, 2.45) is 0 Å². The molecule has 88 valence electrons. The van der Waals surface area contributed by atoms with Crippen molar-refractivity contribution in [1.82, 2.24) is 9.78 Å². The molecule has 1 aromatic heterocycles. The number of benzene rings is 1. The molecule has 0 fully saturated rings. The molecule has 0 aliphatic rings. The van der Waals surface area contributed by atoms with E-state index in [4.69, 9.17) is 0 Å². The van der Waals surface area contributed by atoms with Crippen LogP contribution in [0.1, 0.15) is 21.7 Å². The van der Waals surface area contributed by atoms with Crippen LogP contribution in [0, 0.1) is 13.8 Å². The highest BCUT2D eigenvalue weighted by Gasteiger charge is 2.13. The summed E-state index contributed by atoms with van der Waals surface area (Å²) in [6.45, 7) is 3.37. The minimum atomic E-state index is -1.19. The molecule has 5 heteroatoms.